The second kappa shape index (κ2) is 6.27. The summed E-state index contributed by atoms with van der Waals surface area (Å²) in [6, 6.07) is 13.6. The van der Waals surface area contributed by atoms with Gasteiger partial charge in [-0.2, -0.15) is 13.2 Å². The fourth-order valence-electron chi connectivity index (χ4n) is 2.87. The summed E-state index contributed by atoms with van der Waals surface area (Å²) in [5.74, 6) is 0. The molecule has 3 aromatic rings. The molecule has 0 saturated carbocycles. The van der Waals surface area contributed by atoms with E-state index in [0.717, 1.165) is 51.8 Å². The quantitative estimate of drug-likeness (QED) is 0.599. The lowest BCUT2D eigenvalue weighted by Crippen LogP contribution is -2.05. The van der Waals surface area contributed by atoms with Crippen molar-refractivity contribution in [2.45, 2.75) is 32.9 Å². The lowest BCUT2D eigenvalue weighted by atomic mass is 9.99. The van der Waals surface area contributed by atoms with E-state index in [1.54, 1.807) is 12.1 Å². The molecule has 0 aliphatic heterocycles. The third kappa shape index (κ3) is 3.42. The summed E-state index contributed by atoms with van der Waals surface area (Å²) in [7, 11) is 0. The van der Waals surface area contributed by atoms with Crippen molar-refractivity contribution < 1.29 is 13.2 Å². The summed E-state index contributed by atoms with van der Waals surface area (Å²) in [4.78, 5) is 4.71. The van der Waals surface area contributed by atoms with Crippen molar-refractivity contribution in [3.05, 3.63) is 76.5 Å². The lowest BCUT2D eigenvalue weighted by molar-refractivity contribution is -0.137. The Hall–Kier alpha value is -2.36. The van der Waals surface area contributed by atoms with Crippen molar-refractivity contribution in [3.8, 4) is 0 Å². The Morgan fingerprint density at radius 1 is 0.958 bits per heavy atom. The van der Waals surface area contributed by atoms with E-state index in [-0.39, 0.29) is 0 Å². The van der Waals surface area contributed by atoms with Gasteiger partial charge in [-0.25, -0.2) is 0 Å². The first-order valence-corrected chi connectivity index (χ1v) is 7.92. The van der Waals surface area contributed by atoms with Gasteiger partial charge in [-0.1, -0.05) is 30.7 Å². The molecule has 3 rings (SSSR count). The maximum Gasteiger partial charge on any atom is 0.416 e. The van der Waals surface area contributed by atoms with Crippen LogP contribution in [0.5, 0.6) is 0 Å². The molecular weight excluding hydrogens is 311 g/mol. The minimum absolute atomic E-state index is 0.582. The van der Waals surface area contributed by atoms with E-state index in [1.807, 2.05) is 26.0 Å². The molecule has 0 spiro atoms. The van der Waals surface area contributed by atoms with Crippen LogP contribution in [0.4, 0.5) is 13.2 Å². The fourth-order valence-corrected chi connectivity index (χ4v) is 2.87. The molecule has 0 N–H and O–H groups in total. The van der Waals surface area contributed by atoms with Gasteiger partial charge < -0.3 is 0 Å². The molecule has 124 valence electrons. The third-order valence-corrected chi connectivity index (χ3v) is 4.15. The van der Waals surface area contributed by atoms with Gasteiger partial charge in [-0.05, 0) is 61.2 Å². The van der Waals surface area contributed by atoms with E-state index in [4.69, 9.17) is 4.98 Å². The number of hydrogen-bond donors (Lipinski definition) is 0. The Morgan fingerprint density at radius 3 is 2.29 bits per heavy atom. The highest BCUT2D eigenvalue weighted by Crippen LogP contribution is 2.29. The molecule has 0 bridgehead atoms. The molecule has 0 radical (unpaired) electrons. The summed E-state index contributed by atoms with van der Waals surface area (Å²) in [5.41, 5.74) is 4.41. The predicted octanol–water partition coefficient (Wildman–Crippen LogP) is 5.72. The second-order valence-electron chi connectivity index (χ2n) is 6.02. The smallest absolute Gasteiger partial charge is 0.253 e. The number of hydrogen-bond acceptors (Lipinski definition) is 1. The van der Waals surface area contributed by atoms with Crippen molar-refractivity contribution in [1.82, 2.24) is 4.98 Å². The van der Waals surface area contributed by atoms with Crippen LogP contribution < -0.4 is 0 Å². The van der Waals surface area contributed by atoms with Crippen LogP contribution in [0, 0.1) is 6.92 Å². The van der Waals surface area contributed by atoms with Gasteiger partial charge in [-0.15, -0.1) is 0 Å². The number of halogens is 3. The molecular formula is C20H18F3N. The molecule has 0 saturated heterocycles. The Kier molecular flexibility index (Phi) is 4.31. The number of alkyl halides is 3. The number of nitrogens with zero attached hydrogens (tertiary/aromatic N) is 1. The zero-order chi connectivity index (χ0) is 17.3. The fraction of sp³-hybridized carbons (Fsp3) is 0.250. The Morgan fingerprint density at radius 2 is 1.67 bits per heavy atom. The SMILES string of the molecule is CCc1nc2ccc(C)cc2cc1Cc1ccc(C(F)(F)F)cc1. The van der Waals surface area contributed by atoms with Gasteiger partial charge in [0.1, 0.15) is 0 Å². The van der Waals surface area contributed by atoms with Crippen LogP contribution in [0.1, 0.15) is 34.9 Å². The van der Waals surface area contributed by atoms with Crippen LogP contribution in [0.25, 0.3) is 10.9 Å². The molecule has 0 unspecified atom stereocenters. The molecule has 0 aliphatic rings. The first kappa shape index (κ1) is 16.5. The van der Waals surface area contributed by atoms with Crippen molar-refractivity contribution in [2.24, 2.45) is 0 Å². The lowest BCUT2D eigenvalue weighted by Gasteiger charge is -2.11. The maximum absolute atomic E-state index is 12.7. The van der Waals surface area contributed by atoms with Gasteiger partial charge in [-0.3, -0.25) is 4.98 Å². The number of pyridine rings is 1. The predicted molar refractivity (Wildman–Crippen MR) is 90.1 cm³/mol. The highest BCUT2D eigenvalue weighted by Gasteiger charge is 2.29. The summed E-state index contributed by atoms with van der Waals surface area (Å²) >= 11 is 0. The van der Waals surface area contributed by atoms with E-state index in [1.165, 1.54) is 0 Å². The number of benzene rings is 2. The first-order valence-electron chi connectivity index (χ1n) is 7.92. The van der Waals surface area contributed by atoms with Gasteiger partial charge in [0, 0.05) is 11.1 Å². The monoisotopic (exact) mass is 329 g/mol. The van der Waals surface area contributed by atoms with Crippen molar-refractivity contribution in [1.29, 1.82) is 0 Å². The molecule has 0 amide bonds. The van der Waals surface area contributed by atoms with Gasteiger partial charge in [0.05, 0.1) is 11.1 Å². The first-order chi connectivity index (χ1) is 11.4. The highest BCUT2D eigenvalue weighted by molar-refractivity contribution is 5.80. The molecule has 1 nitrogen and oxygen atoms in total. The number of rotatable bonds is 3. The second-order valence-corrected chi connectivity index (χ2v) is 6.02. The van der Waals surface area contributed by atoms with Gasteiger partial charge in [0.15, 0.2) is 0 Å². The summed E-state index contributed by atoms with van der Waals surface area (Å²) < 4.78 is 38.0. The molecule has 0 atom stereocenters. The number of fused-ring (bicyclic) bond motifs is 1. The standard InChI is InChI=1S/C20H18F3N/c1-3-18-16(12-15-10-13(2)4-9-19(15)24-18)11-14-5-7-17(8-6-14)20(21,22)23/h4-10,12H,3,11H2,1-2H3. The van der Waals surface area contributed by atoms with Crippen LogP contribution >= 0.6 is 0 Å². The normalized spacial score (nSPS) is 11.9. The molecule has 24 heavy (non-hydrogen) atoms. The van der Waals surface area contributed by atoms with Crippen LogP contribution in [0.15, 0.2) is 48.5 Å². The van der Waals surface area contributed by atoms with Crippen LogP contribution in [0.2, 0.25) is 0 Å². The number of aromatic nitrogens is 1. The highest BCUT2D eigenvalue weighted by atomic mass is 19.4. The summed E-state index contributed by atoms with van der Waals surface area (Å²) in [6.45, 7) is 4.07. The average Bonchev–Trinajstić information content (AvgIpc) is 2.54. The van der Waals surface area contributed by atoms with Crippen molar-refractivity contribution >= 4 is 10.9 Å². The van der Waals surface area contributed by atoms with Crippen LogP contribution in [-0.4, -0.2) is 4.98 Å². The van der Waals surface area contributed by atoms with Gasteiger partial charge >= 0.3 is 6.18 Å². The molecule has 0 aliphatic carbocycles. The van der Waals surface area contributed by atoms with Crippen LogP contribution in [0.3, 0.4) is 0 Å². The average molecular weight is 329 g/mol. The van der Waals surface area contributed by atoms with E-state index in [0.29, 0.717) is 6.42 Å². The molecule has 4 heteroatoms. The minimum atomic E-state index is -4.30. The Balaban J connectivity index is 1.96. The van der Waals surface area contributed by atoms with Gasteiger partial charge in [0.2, 0.25) is 0 Å². The number of aryl methyl sites for hydroxylation is 2. The Labute approximate surface area is 139 Å². The largest absolute Gasteiger partial charge is 0.416 e. The van der Waals surface area contributed by atoms with Crippen molar-refractivity contribution in [3.63, 3.8) is 0 Å². The van der Waals surface area contributed by atoms with E-state index in [2.05, 4.69) is 12.1 Å². The zero-order valence-electron chi connectivity index (χ0n) is 13.6. The zero-order valence-corrected chi connectivity index (χ0v) is 13.6. The van der Waals surface area contributed by atoms with E-state index >= 15 is 0 Å². The van der Waals surface area contributed by atoms with E-state index in [9.17, 15) is 13.2 Å². The molecule has 0 fully saturated rings. The van der Waals surface area contributed by atoms with Crippen LogP contribution in [-0.2, 0) is 19.0 Å². The topological polar surface area (TPSA) is 12.9 Å². The summed E-state index contributed by atoms with van der Waals surface area (Å²) in [6.07, 6.45) is -2.92. The molecule has 1 aromatic heterocycles. The Bertz CT molecular complexity index is 864. The van der Waals surface area contributed by atoms with E-state index < -0.39 is 11.7 Å². The third-order valence-electron chi connectivity index (χ3n) is 4.15. The minimum Gasteiger partial charge on any atom is -0.253 e. The summed E-state index contributed by atoms with van der Waals surface area (Å²) in [5, 5.41) is 1.06. The van der Waals surface area contributed by atoms with Gasteiger partial charge in [0.25, 0.3) is 0 Å². The molecule has 2 aromatic carbocycles. The maximum atomic E-state index is 12.7. The molecule has 1 heterocycles. The van der Waals surface area contributed by atoms with Crippen molar-refractivity contribution in [2.75, 3.05) is 0 Å².